The Labute approximate surface area is 313 Å². The first-order valence-corrected chi connectivity index (χ1v) is 21.3. The Balaban J connectivity index is 1.31. The van der Waals surface area contributed by atoms with E-state index in [1.807, 2.05) is 0 Å². The number of hydrogen-bond acceptors (Lipinski definition) is 9. The number of ether oxygens (including phenoxy) is 2. The van der Waals surface area contributed by atoms with Gasteiger partial charge in [0.25, 0.3) is 0 Å². The normalized spacial score (nSPS) is 30.0. The summed E-state index contributed by atoms with van der Waals surface area (Å²) >= 11 is 0. The Morgan fingerprint density at radius 2 is 1.25 bits per heavy atom. The predicted octanol–water partition coefficient (Wildman–Crippen LogP) is 6.28. The summed E-state index contributed by atoms with van der Waals surface area (Å²) in [5, 5.41) is 64.9. The van der Waals surface area contributed by atoms with Crippen LogP contribution in [0.15, 0.2) is 0 Å². The number of aliphatic hydroxyl groups is 6. The molecule has 2 bridgehead atoms. The molecule has 0 unspecified atom stereocenters. The van der Waals surface area contributed by atoms with Crippen molar-refractivity contribution in [2.75, 3.05) is 13.2 Å². The minimum absolute atomic E-state index is 0.264. The van der Waals surface area contributed by atoms with Gasteiger partial charge in [0.2, 0.25) is 5.91 Å². The molecular formula is C41H76FNO9. The van der Waals surface area contributed by atoms with Crippen LogP contribution < -0.4 is 5.32 Å². The summed E-state index contributed by atoms with van der Waals surface area (Å²) in [6.45, 7) is 1.31. The van der Waals surface area contributed by atoms with Crippen LogP contribution in [-0.4, -0.2) is 104 Å². The van der Waals surface area contributed by atoms with E-state index in [1.54, 1.807) is 0 Å². The second-order valence-corrected chi connectivity index (χ2v) is 16.8. The van der Waals surface area contributed by atoms with Gasteiger partial charge in [0, 0.05) is 6.42 Å². The van der Waals surface area contributed by atoms with E-state index in [4.69, 9.17) is 9.47 Å². The third-order valence-corrected chi connectivity index (χ3v) is 12.0. The lowest BCUT2D eigenvalue weighted by Crippen LogP contribution is -2.64. The van der Waals surface area contributed by atoms with Gasteiger partial charge in [-0.1, -0.05) is 135 Å². The van der Waals surface area contributed by atoms with Crippen LogP contribution in [0.25, 0.3) is 0 Å². The van der Waals surface area contributed by atoms with Gasteiger partial charge in [0.1, 0.15) is 36.2 Å². The van der Waals surface area contributed by atoms with Crippen LogP contribution in [0.2, 0.25) is 0 Å². The predicted molar refractivity (Wildman–Crippen MR) is 200 cm³/mol. The number of rotatable bonds is 32. The number of alkyl halides is 1. The highest BCUT2D eigenvalue weighted by atomic mass is 19.1. The first kappa shape index (κ1) is 45.5. The first-order valence-electron chi connectivity index (χ1n) is 21.3. The van der Waals surface area contributed by atoms with Gasteiger partial charge in [0.15, 0.2) is 6.29 Å². The number of hydrogen-bond donors (Lipinski definition) is 7. The number of nitrogens with one attached hydrogen (secondary N) is 1. The quantitative estimate of drug-likeness (QED) is 0.0392. The lowest BCUT2D eigenvalue weighted by atomic mass is 9.41. The zero-order valence-corrected chi connectivity index (χ0v) is 32.4. The molecule has 10 nitrogen and oxygen atoms in total. The summed E-state index contributed by atoms with van der Waals surface area (Å²) in [6.07, 6.45) is 18.6. The van der Waals surface area contributed by atoms with Crippen LogP contribution in [0.3, 0.4) is 0 Å². The third-order valence-electron chi connectivity index (χ3n) is 12.0. The fourth-order valence-corrected chi connectivity index (χ4v) is 8.69. The lowest BCUT2D eigenvalue weighted by Gasteiger charge is -2.66. The maximum absolute atomic E-state index is 13.7. The Morgan fingerprint density at radius 1 is 0.750 bits per heavy atom. The molecule has 1 heterocycles. The number of halogens is 1. The van der Waals surface area contributed by atoms with Crippen molar-refractivity contribution in [3.05, 3.63) is 0 Å². The van der Waals surface area contributed by atoms with Gasteiger partial charge in [-0.3, -0.25) is 4.79 Å². The second kappa shape index (κ2) is 24.6. The second-order valence-electron chi connectivity index (χ2n) is 16.8. The Kier molecular flexibility index (Phi) is 21.5. The SMILES string of the molecule is CCCCCCCCCCCCCC[C@@H](O)[C@@H](O)[C@H](CO[C@H]1O[C@H](CO)[C@H](O)[C@H](O)[C@H]1O)NC(=O)CCCCCCCCCCCC12CC(F)(C1)C2. The fourth-order valence-electron chi connectivity index (χ4n) is 8.69. The number of aliphatic hydroxyl groups excluding tert-OH is 6. The zero-order valence-electron chi connectivity index (χ0n) is 32.4. The molecule has 3 saturated carbocycles. The molecule has 4 rings (SSSR count). The Morgan fingerprint density at radius 3 is 1.77 bits per heavy atom. The molecule has 0 aromatic rings. The minimum atomic E-state index is -1.61. The summed E-state index contributed by atoms with van der Waals surface area (Å²) in [4.78, 5) is 12.9. The largest absolute Gasteiger partial charge is 0.394 e. The van der Waals surface area contributed by atoms with Gasteiger partial charge in [0.05, 0.1) is 25.4 Å². The highest BCUT2D eigenvalue weighted by Crippen LogP contribution is 2.71. The van der Waals surface area contributed by atoms with Crippen molar-refractivity contribution in [3.63, 3.8) is 0 Å². The number of unbranched alkanes of at least 4 members (excludes halogenated alkanes) is 19. The van der Waals surface area contributed by atoms with Crippen LogP contribution in [0.1, 0.15) is 180 Å². The van der Waals surface area contributed by atoms with E-state index in [2.05, 4.69) is 12.2 Å². The zero-order chi connectivity index (χ0) is 37.8. The summed E-state index contributed by atoms with van der Waals surface area (Å²) < 4.78 is 24.8. The molecule has 4 fully saturated rings. The van der Waals surface area contributed by atoms with Crippen LogP contribution in [0, 0.1) is 5.41 Å². The third kappa shape index (κ3) is 15.7. The van der Waals surface area contributed by atoms with E-state index in [9.17, 15) is 39.8 Å². The van der Waals surface area contributed by atoms with Crippen molar-refractivity contribution >= 4 is 5.91 Å². The average molecular weight is 746 g/mol. The number of carbonyl (C=O) groups excluding carboxylic acids is 1. The van der Waals surface area contributed by atoms with Gasteiger partial charge < -0.3 is 45.4 Å². The van der Waals surface area contributed by atoms with Crippen molar-refractivity contribution < 1.29 is 49.3 Å². The van der Waals surface area contributed by atoms with E-state index in [1.165, 1.54) is 89.9 Å². The highest BCUT2D eigenvalue weighted by Gasteiger charge is 2.68. The molecule has 8 atom stereocenters. The molecule has 11 heteroatoms. The fraction of sp³-hybridized carbons (Fsp3) is 0.976. The van der Waals surface area contributed by atoms with Gasteiger partial charge >= 0.3 is 0 Å². The monoisotopic (exact) mass is 746 g/mol. The van der Waals surface area contributed by atoms with E-state index in [0.717, 1.165) is 64.2 Å². The molecule has 0 aromatic carbocycles. The van der Waals surface area contributed by atoms with Crippen LogP contribution in [0.4, 0.5) is 4.39 Å². The first-order chi connectivity index (χ1) is 25.0. The molecule has 4 aliphatic rings. The number of carbonyl (C=O) groups is 1. The summed E-state index contributed by atoms with van der Waals surface area (Å²) in [7, 11) is 0. The summed E-state index contributed by atoms with van der Waals surface area (Å²) in [5.41, 5.74) is -0.425. The van der Waals surface area contributed by atoms with Gasteiger partial charge in [-0.2, -0.15) is 0 Å². The van der Waals surface area contributed by atoms with Gasteiger partial charge in [-0.15, -0.1) is 0 Å². The van der Waals surface area contributed by atoms with E-state index >= 15 is 0 Å². The smallest absolute Gasteiger partial charge is 0.220 e. The summed E-state index contributed by atoms with van der Waals surface area (Å²) in [5.74, 6) is -0.276. The molecule has 306 valence electrons. The molecule has 0 radical (unpaired) electrons. The maximum atomic E-state index is 13.7. The van der Waals surface area contributed by atoms with Crippen molar-refractivity contribution in [3.8, 4) is 0 Å². The molecule has 52 heavy (non-hydrogen) atoms. The van der Waals surface area contributed by atoms with E-state index in [-0.39, 0.29) is 18.9 Å². The molecular weight excluding hydrogens is 669 g/mol. The molecule has 1 aliphatic heterocycles. The van der Waals surface area contributed by atoms with Crippen molar-refractivity contribution in [1.29, 1.82) is 0 Å². The van der Waals surface area contributed by atoms with Crippen LogP contribution >= 0.6 is 0 Å². The van der Waals surface area contributed by atoms with Crippen molar-refractivity contribution in [1.82, 2.24) is 5.32 Å². The standard InChI is InChI=1S/C41H76FNO9/c1-2-3-4-5-6-7-8-9-11-14-17-20-23-32(45)35(47)31(27-51-39-38(50)37(49)36(48)33(26-44)52-39)43-34(46)24-21-18-15-12-10-13-16-19-22-25-40-28-41(42,29-40)30-40/h31-33,35-39,44-45,47-50H,2-30H2,1H3,(H,43,46)/t31-,32+,33+,35-,36-,37-,38+,39-,40?,41?/m0/s1. The van der Waals surface area contributed by atoms with Crippen molar-refractivity contribution in [2.24, 2.45) is 5.41 Å². The van der Waals surface area contributed by atoms with E-state index in [0.29, 0.717) is 18.3 Å². The molecule has 7 N–H and O–H groups in total. The maximum Gasteiger partial charge on any atom is 0.220 e. The molecule has 1 saturated heterocycles. The van der Waals surface area contributed by atoms with Crippen molar-refractivity contribution in [2.45, 2.75) is 235 Å². The average Bonchev–Trinajstić information content (AvgIpc) is 3.10. The summed E-state index contributed by atoms with van der Waals surface area (Å²) in [6, 6.07) is -1.00. The molecule has 3 aliphatic carbocycles. The minimum Gasteiger partial charge on any atom is -0.394 e. The van der Waals surface area contributed by atoms with Gasteiger partial charge in [-0.05, 0) is 43.9 Å². The van der Waals surface area contributed by atoms with Crippen LogP contribution in [0.5, 0.6) is 0 Å². The topological polar surface area (TPSA) is 169 Å². The Bertz CT molecular complexity index is 937. The van der Waals surface area contributed by atoms with Crippen LogP contribution in [-0.2, 0) is 14.3 Å². The number of amides is 1. The Hall–Kier alpha value is -0.920. The molecule has 0 spiro atoms. The molecule has 0 aromatic heterocycles. The van der Waals surface area contributed by atoms with Gasteiger partial charge in [-0.25, -0.2) is 4.39 Å². The van der Waals surface area contributed by atoms with E-state index < -0.39 is 61.2 Å². The lowest BCUT2D eigenvalue weighted by molar-refractivity contribution is -0.303. The highest BCUT2D eigenvalue weighted by molar-refractivity contribution is 5.76. The molecule has 1 amide bonds.